The molecule has 0 spiro atoms. The van der Waals surface area contributed by atoms with Crippen LogP contribution in [0, 0.1) is 0 Å². The van der Waals surface area contributed by atoms with Crippen molar-refractivity contribution in [3.8, 4) is 5.69 Å². The molecular formula is C30H34F3N9O2. The Morgan fingerprint density at radius 2 is 1.64 bits per heavy atom. The van der Waals surface area contributed by atoms with Gasteiger partial charge in [0.05, 0.1) is 5.56 Å². The van der Waals surface area contributed by atoms with Gasteiger partial charge in [0.2, 0.25) is 5.91 Å². The number of alkyl halides is 3. The summed E-state index contributed by atoms with van der Waals surface area (Å²) in [6.45, 7) is 4.11. The van der Waals surface area contributed by atoms with Crippen molar-refractivity contribution in [3.05, 3.63) is 66.2 Å². The first-order valence-corrected chi connectivity index (χ1v) is 14.4. The van der Waals surface area contributed by atoms with Gasteiger partial charge in [-0.3, -0.25) is 14.3 Å². The Morgan fingerprint density at radius 3 is 2.32 bits per heavy atom. The molecule has 1 aliphatic rings. The van der Waals surface area contributed by atoms with E-state index in [-0.39, 0.29) is 23.7 Å². The molecule has 44 heavy (non-hydrogen) atoms. The maximum absolute atomic E-state index is 14.0. The van der Waals surface area contributed by atoms with Crippen LogP contribution in [0.5, 0.6) is 0 Å². The van der Waals surface area contributed by atoms with Crippen molar-refractivity contribution in [2.45, 2.75) is 38.9 Å². The molecule has 3 amide bonds. The SMILES string of the molecule is CCCCC(=O)N1CCN(Cc2ccc(NC(=O)Nc3ccc(-n4cnc5c(NC)ncnc54)cc3)cc2C(F)(F)F)CC1. The summed E-state index contributed by atoms with van der Waals surface area (Å²) in [6, 6.07) is 9.98. The summed E-state index contributed by atoms with van der Waals surface area (Å²) in [5.74, 6) is 0.691. The van der Waals surface area contributed by atoms with Crippen molar-refractivity contribution >= 4 is 40.3 Å². The van der Waals surface area contributed by atoms with Crippen LogP contribution in [0.2, 0.25) is 0 Å². The highest BCUT2D eigenvalue weighted by molar-refractivity contribution is 5.99. The molecule has 0 atom stereocenters. The Morgan fingerprint density at radius 1 is 0.932 bits per heavy atom. The third-order valence-corrected chi connectivity index (χ3v) is 7.51. The van der Waals surface area contributed by atoms with Crippen LogP contribution < -0.4 is 16.0 Å². The van der Waals surface area contributed by atoms with E-state index in [0.29, 0.717) is 55.3 Å². The van der Waals surface area contributed by atoms with Gasteiger partial charge in [-0.2, -0.15) is 13.2 Å². The number of piperazine rings is 1. The molecule has 0 saturated carbocycles. The van der Waals surface area contributed by atoms with Crippen molar-refractivity contribution < 1.29 is 22.8 Å². The van der Waals surface area contributed by atoms with Crippen LogP contribution in [0.15, 0.2) is 55.1 Å². The Balaban J connectivity index is 1.21. The summed E-state index contributed by atoms with van der Waals surface area (Å²) in [7, 11) is 1.74. The number of urea groups is 1. The Bertz CT molecular complexity index is 1610. The largest absolute Gasteiger partial charge is 0.416 e. The minimum Gasteiger partial charge on any atom is -0.371 e. The number of nitrogens with one attached hydrogen (secondary N) is 3. The third-order valence-electron chi connectivity index (χ3n) is 7.51. The van der Waals surface area contributed by atoms with Crippen molar-refractivity contribution in [2.24, 2.45) is 0 Å². The van der Waals surface area contributed by atoms with Crippen LogP contribution in [-0.2, 0) is 17.5 Å². The average molecular weight is 610 g/mol. The van der Waals surface area contributed by atoms with Gasteiger partial charge < -0.3 is 20.9 Å². The first-order chi connectivity index (χ1) is 21.2. The average Bonchev–Trinajstić information content (AvgIpc) is 3.45. The molecule has 1 fully saturated rings. The first-order valence-electron chi connectivity index (χ1n) is 14.4. The van der Waals surface area contributed by atoms with Gasteiger partial charge >= 0.3 is 12.2 Å². The molecule has 2 aromatic carbocycles. The number of unbranched alkanes of at least 4 members (excludes halogenated alkanes) is 1. The number of imidazole rings is 1. The topological polar surface area (TPSA) is 120 Å². The molecule has 0 bridgehead atoms. The number of benzene rings is 2. The van der Waals surface area contributed by atoms with Crippen LogP contribution in [0.4, 0.5) is 35.2 Å². The summed E-state index contributed by atoms with van der Waals surface area (Å²) < 4.78 is 43.9. The first kappa shape index (κ1) is 30.7. The quantitative estimate of drug-likeness (QED) is 0.234. The number of carbonyl (C=O) groups excluding carboxylic acids is 2. The highest BCUT2D eigenvalue weighted by Gasteiger charge is 2.34. The number of nitrogens with zero attached hydrogens (tertiary/aromatic N) is 6. The van der Waals surface area contributed by atoms with Crippen molar-refractivity contribution in [1.82, 2.24) is 29.3 Å². The molecule has 5 rings (SSSR count). The summed E-state index contributed by atoms with van der Waals surface area (Å²) in [6.07, 6.45) is 0.712. The fraction of sp³-hybridized carbons (Fsp3) is 0.367. The van der Waals surface area contributed by atoms with Gasteiger partial charge in [0.15, 0.2) is 17.0 Å². The predicted molar refractivity (Wildman–Crippen MR) is 162 cm³/mol. The van der Waals surface area contributed by atoms with Crippen molar-refractivity contribution in [2.75, 3.05) is 49.2 Å². The van der Waals surface area contributed by atoms with Crippen LogP contribution in [0.25, 0.3) is 16.9 Å². The lowest BCUT2D eigenvalue weighted by molar-refractivity contribution is -0.138. The standard InChI is InChI=1S/C30H34F3N9O2/c1-3-4-5-25(43)41-14-12-40(13-15-41)17-20-6-7-22(16-24(20)30(31,32)33)39-29(44)38-21-8-10-23(11-9-21)42-19-37-26-27(34-2)35-18-36-28(26)42/h6-11,16,18-19H,3-5,12-15,17H2,1-2H3,(H,34,35,36)(H2,38,39,44). The Kier molecular flexibility index (Phi) is 9.28. The molecule has 14 heteroatoms. The van der Waals surface area contributed by atoms with Crippen molar-refractivity contribution in [1.29, 1.82) is 0 Å². The molecule has 3 heterocycles. The van der Waals surface area contributed by atoms with E-state index < -0.39 is 17.8 Å². The lowest BCUT2D eigenvalue weighted by atomic mass is 10.0. The number of fused-ring (bicyclic) bond motifs is 1. The molecule has 3 N–H and O–H groups in total. The van der Waals surface area contributed by atoms with Gasteiger partial charge in [-0.25, -0.2) is 19.7 Å². The molecule has 2 aromatic heterocycles. The van der Waals surface area contributed by atoms with E-state index in [4.69, 9.17) is 0 Å². The molecular weight excluding hydrogens is 575 g/mol. The van der Waals surface area contributed by atoms with Gasteiger partial charge in [0.25, 0.3) is 0 Å². The molecule has 0 aliphatic carbocycles. The monoisotopic (exact) mass is 609 g/mol. The molecule has 1 aliphatic heterocycles. The van der Waals surface area contributed by atoms with E-state index in [0.717, 1.165) is 24.6 Å². The zero-order chi connectivity index (χ0) is 31.3. The summed E-state index contributed by atoms with van der Waals surface area (Å²) in [4.78, 5) is 41.5. The van der Waals surface area contributed by atoms with E-state index in [1.54, 1.807) is 47.1 Å². The number of aromatic nitrogens is 4. The van der Waals surface area contributed by atoms with Gasteiger partial charge in [0.1, 0.15) is 12.7 Å². The molecule has 0 radical (unpaired) electrons. The second-order valence-electron chi connectivity index (χ2n) is 10.5. The van der Waals surface area contributed by atoms with Gasteiger partial charge in [-0.1, -0.05) is 19.4 Å². The van der Waals surface area contributed by atoms with E-state index in [9.17, 15) is 22.8 Å². The van der Waals surface area contributed by atoms with Crippen LogP contribution in [0.1, 0.15) is 37.3 Å². The highest BCUT2D eigenvalue weighted by atomic mass is 19.4. The van der Waals surface area contributed by atoms with E-state index in [1.807, 2.05) is 11.8 Å². The van der Waals surface area contributed by atoms with E-state index in [1.165, 1.54) is 18.5 Å². The number of anilines is 3. The number of amides is 3. The number of hydrogen-bond acceptors (Lipinski definition) is 7. The number of rotatable bonds is 9. The molecule has 11 nitrogen and oxygen atoms in total. The molecule has 232 valence electrons. The molecule has 4 aromatic rings. The number of carbonyl (C=O) groups is 2. The zero-order valence-corrected chi connectivity index (χ0v) is 24.5. The normalized spacial score (nSPS) is 14.1. The maximum Gasteiger partial charge on any atom is 0.416 e. The maximum atomic E-state index is 14.0. The summed E-state index contributed by atoms with van der Waals surface area (Å²) in [5.41, 5.74) is 1.73. The smallest absolute Gasteiger partial charge is 0.371 e. The van der Waals surface area contributed by atoms with Gasteiger partial charge in [-0.05, 0) is 48.4 Å². The lowest BCUT2D eigenvalue weighted by Crippen LogP contribution is -2.48. The minimum atomic E-state index is -4.60. The third kappa shape index (κ3) is 7.08. The van der Waals surface area contributed by atoms with E-state index in [2.05, 4.69) is 30.9 Å². The Labute approximate surface area is 252 Å². The van der Waals surface area contributed by atoms with Crippen LogP contribution in [-0.4, -0.2) is 74.5 Å². The van der Waals surface area contributed by atoms with Crippen molar-refractivity contribution in [3.63, 3.8) is 0 Å². The summed E-state index contributed by atoms with van der Waals surface area (Å²) >= 11 is 0. The van der Waals surface area contributed by atoms with E-state index >= 15 is 0 Å². The highest BCUT2D eigenvalue weighted by Crippen LogP contribution is 2.35. The molecule has 1 saturated heterocycles. The number of hydrogen-bond donors (Lipinski definition) is 3. The lowest BCUT2D eigenvalue weighted by Gasteiger charge is -2.35. The molecule has 0 unspecified atom stereocenters. The Hall–Kier alpha value is -4.72. The second-order valence-corrected chi connectivity index (χ2v) is 10.5. The number of halogens is 3. The predicted octanol–water partition coefficient (Wildman–Crippen LogP) is 5.35. The van der Waals surface area contributed by atoms with Crippen LogP contribution in [0.3, 0.4) is 0 Å². The summed E-state index contributed by atoms with van der Waals surface area (Å²) in [5, 5.41) is 8.12. The van der Waals surface area contributed by atoms with Gasteiger partial charge in [-0.15, -0.1) is 0 Å². The minimum absolute atomic E-state index is 0.0199. The zero-order valence-electron chi connectivity index (χ0n) is 24.5. The second kappa shape index (κ2) is 13.3. The fourth-order valence-electron chi connectivity index (χ4n) is 5.14. The van der Waals surface area contributed by atoms with Gasteiger partial charge in [0, 0.05) is 63.3 Å². The fourth-order valence-corrected chi connectivity index (χ4v) is 5.14. The van der Waals surface area contributed by atoms with Crippen LogP contribution >= 0.6 is 0 Å².